The molecule has 0 aliphatic carbocycles. The first-order valence-electron chi connectivity index (χ1n) is 6.24. The zero-order valence-electron chi connectivity index (χ0n) is 10.6. The van der Waals surface area contributed by atoms with Gasteiger partial charge in [0.25, 0.3) is 0 Å². The van der Waals surface area contributed by atoms with Gasteiger partial charge in [0.05, 0.1) is 5.69 Å². The van der Waals surface area contributed by atoms with Gasteiger partial charge in [0.2, 0.25) is 0 Å². The number of hydrogen-bond acceptors (Lipinski definition) is 2. The van der Waals surface area contributed by atoms with E-state index in [1.54, 1.807) is 0 Å². The third-order valence-corrected chi connectivity index (χ3v) is 2.55. The van der Waals surface area contributed by atoms with Crippen molar-refractivity contribution in [1.29, 1.82) is 0 Å². The van der Waals surface area contributed by atoms with Gasteiger partial charge in [-0.15, -0.1) is 0 Å². The lowest BCUT2D eigenvalue weighted by atomic mass is 10.2. The van der Waals surface area contributed by atoms with Crippen LogP contribution in [0.2, 0.25) is 0 Å². The fourth-order valence-electron chi connectivity index (χ4n) is 1.55. The maximum atomic E-state index is 13.2. The van der Waals surface area contributed by atoms with E-state index >= 15 is 0 Å². The molecule has 106 valence electrons. The van der Waals surface area contributed by atoms with E-state index in [9.17, 15) is 13.6 Å². The number of benzene rings is 1. The van der Waals surface area contributed by atoms with Crippen LogP contribution in [0.15, 0.2) is 18.2 Å². The van der Waals surface area contributed by atoms with Crippen LogP contribution in [-0.2, 0) is 0 Å². The maximum Gasteiger partial charge on any atom is 0.319 e. The number of amides is 2. The Labute approximate surface area is 110 Å². The summed E-state index contributed by atoms with van der Waals surface area (Å²) >= 11 is 0. The van der Waals surface area contributed by atoms with Gasteiger partial charge in [0.1, 0.15) is 11.6 Å². The molecule has 0 saturated carbocycles. The van der Waals surface area contributed by atoms with Gasteiger partial charge in [-0.1, -0.05) is 12.8 Å². The summed E-state index contributed by atoms with van der Waals surface area (Å²) in [5, 5.41) is 13.5. The fraction of sp³-hybridized carbons (Fsp3) is 0.462. The molecule has 1 aromatic rings. The molecule has 0 aliphatic heterocycles. The predicted molar refractivity (Wildman–Crippen MR) is 68.9 cm³/mol. The number of carbonyl (C=O) groups excluding carboxylic acids is 1. The summed E-state index contributed by atoms with van der Waals surface area (Å²) in [5.74, 6) is -1.49. The van der Waals surface area contributed by atoms with Crippen LogP contribution in [-0.4, -0.2) is 24.3 Å². The van der Waals surface area contributed by atoms with Crippen molar-refractivity contribution in [3.63, 3.8) is 0 Å². The molecule has 0 aliphatic rings. The molecule has 19 heavy (non-hydrogen) atoms. The molecule has 0 radical (unpaired) electrons. The molecule has 1 rings (SSSR count). The van der Waals surface area contributed by atoms with E-state index in [1.807, 2.05) is 0 Å². The Kier molecular flexibility index (Phi) is 6.81. The summed E-state index contributed by atoms with van der Waals surface area (Å²) in [5.41, 5.74) is -0.0563. The smallest absolute Gasteiger partial charge is 0.319 e. The Morgan fingerprint density at radius 2 is 1.89 bits per heavy atom. The molecule has 0 aromatic heterocycles. The van der Waals surface area contributed by atoms with Crippen LogP contribution < -0.4 is 10.6 Å². The van der Waals surface area contributed by atoms with Gasteiger partial charge in [-0.25, -0.2) is 13.6 Å². The number of nitrogens with one attached hydrogen (secondary N) is 2. The van der Waals surface area contributed by atoms with Crippen molar-refractivity contribution in [2.45, 2.75) is 25.7 Å². The van der Waals surface area contributed by atoms with Crippen LogP contribution in [0.3, 0.4) is 0 Å². The monoisotopic (exact) mass is 272 g/mol. The lowest BCUT2D eigenvalue weighted by Crippen LogP contribution is -2.29. The molecule has 0 unspecified atom stereocenters. The Bertz CT molecular complexity index is 414. The first-order valence-corrected chi connectivity index (χ1v) is 6.24. The summed E-state index contributed by atoms with van der Waals surface area (Å²) in [6.07, 6.45) is 3.37. The van der Waals surface area contributed by atoms with E-state index in [0.29, 0.717) is 12.6 Å². The molecular weight excluding hydrogens is 254 g/mol. The number of carbonyl (C=O) groups is 1. The second kappa shape index (κ2) is 8.42. The minimum absolute atomic E-state index is 0.0563. The summed E-state index contributed by atoms with van der Waals surface area (Å²) in [6.45, 7) is 0.651. The lowest BCUT2D eigenvalue weighted by molar-refractivity contribution is 0.251. The lowest BCUT2D eigenvalue weighted by Gasteiger charge is -2.08. The molecule has 0 fully saturated rings. The number of unbranched alkanes of at least 4 members (excludes halogenated alkanes) is 3. The number of rotatable bonds is 7. The van der Waals surface area contributed by atoms with Crippen molar-refractivity contribution < 1.29 is 18.7 Å². The van der Waals surface area contributed by atoms with Gasteiger partial charge in [0.15, 0.2) is 0 Å². The third-order valence-electron chi connectivity index (χ3n) is 2.55. The second-order valence-electron chi connectivity index (χ2n) is 4.14. The minimum atomic E-state index is -0.807. The average Bonchev–Trinajstić information content (AvgIpc) is 2.37. The molecule has 0 spiro atoms. The first kappa shape index (κ1) is 15.4. The minimum Gasteiger partial charge on any atom is -0.396 e. The summed E-state index contributed by atoms with van der Waals surface area (Å²) in [6, 6.07) is 2.44. The largest absolute Gasteiger partial charge is 0.396 e. The van der Waals surface area contributed by atoms with Gasteiger partial charge in [0, 0.05) is 19.2 Å². The molecule has 4 nitrogen and oxygen atoms in total. The Morgan fingerprint density at radius 1 is 1.16 bits per heavy atom. The summed E-state index contributed by atoms with van der Waals surface area (Å²) < 4.78 is 25.9. The van der Waals surface area contributed by atoms with E-state index in [4.69, 9.17) is 5.11 Å². The van der Waals surface area contributed by atoms with Crippen molar-refractivity contribution in [3.05, 3.63) is 29.8 Å². The van der Waals surface area contributed by atoms with E-state index < -0.39 is 17.7 Å². The molecular formula is C13H18F2N2O2. The molecule has 6 heteroatoms. The quantitative estimate of drug-likeness (QED) is 0.668. The highest BCUT2D eigenvalue weighted by molar-refractivity contribution is 5.89. The Balaban J connectivity index is 2.23. The van der Waals surface area contributed by atoms with Crippen molar-refractivity contribution in [3.8, 4) is 0 Å². The number of hydrogen-bond donors (Lipinski definition) is 3. The Hall–Kier alpha value is -1.69. The molecule has 0 bridgehead atoms. The zero-order chi connectivity index (χ0) is 14.1. The van der Waals surface area contributed by atoms with Crippen molar-refractivity contribution in [1.82, 2.24) is 5.32 Å². The standard InChI is InChI=1S/C13H18F2N2O2/c14-10-5-6-12(11(15)9-10)17-13(19)16-7-3-1-2-4-8-18/h5-6,9,18H,1-4,7-8H2,(H2,16,17,19). The van der Waals surface area contributed by atoms with Crippen LogP contribution in [0, 0.1) is 11.6 Å². The predicted octanol–water partition coefficient (Wildman–Crippen LogP) is 2.64. The van der Waals surface area contributed by atoms with Gasteiger partial charge < -0.3 is 15.7 Å². The molecule has 0 atom stereocenters. The highest BCUT2D eigenvalue weighted by Gasteiger charge is 2.06. The zero-order valence-corrected chi connectivity index (χ0v) is 10.6. The van der Waals surface area contributed by atoms with Crippen molar-refractivity contribution in [2.24, 2.45) is 0 Å². The number of halogens is 2. The SMILES string of the molecule is O=C(NCCCCCCO)Nc1ccc(F)cc1F. The van der Waals surface area contributed by atoms with Gasteiger partial charge in [-0.3, -0.25) is 0 Å². The van der Waals surface area contributed by atoms with Crippen LogP contribution in [0.4, 0.5) is 19.3 Å². The Morgan fingerprint density at radius 3 is 2.58 bits per heavy atom. The number of urea groups is 1. The van der Waals surface area contributed by atoms with E-state index in [2.05, 4.69) is 10.6 Å². The van der Waals surface area contributed by atoms with Crippen LogP contribution >= 0.6 is 0 Å². The second-order valence-corrected chi connectivity index (χ2v) is 4.14. The normalized spacial score (nSPS) is 10.3. The first-order chi connectivity index (χ1) is 9.13. The number of aliphatic hydroxyl groups is 1. The van der Waals surface area contributed by atoms with E-state index in [1.165, 1.54) is 6.07 Å². The van der Waals surface area contributed by atoms with Gasteiger partial charge >= 0.3 is 6.03 Å². The van der Waals surface area contributed by atoms with E-state index in [0.717, 1.165) is 31.7 Å². The van der Waals surface area contributed by atoms with Crippen molar-refractivity contribution >= 4 is 11.7 Å². The maximum absolute atomic E-state index is 13.2. The van der Waals surface area contributed by atoms with Crippen LogP contribution in [0.1, 0.15) is 25.7 Å². The third kappa shape index (κ3) is 6.15. The van der Waals surface area contributed by atoms with E-state index in [-0.39, 0.29) is 12.3 Å². The van der Waals surface area contributed by atoms with Crippen molar-refractivity contribution in [2.75, 3.05) is 18.5 Å². The molecule has 0 saturated heterocycles. The van der Waals surface area contributed by atoms with Gasteiger partial charge in [-0.2, -0.15) is 0 Å². The highest BCUT2D eigenvalue weighted by Crippen LogP contribution is 2.14. The highest BCUT2D eigenvalue weighted by atomic mass is 19.1. The van der Waals surface area contributed by atoms with Gasteiger partial charge in [-0.05, 0) is 25.0 Å². The van der Waals surface area contributed by atoms with Crippen LogP contribution in [0.5, 0.6) is 0 Å². The number of aliphatic hydroxyl groups excluding tert-OH is 1. The average molecular weight is 272 g/mol. The van der Waals surface area contributed by atoms with Crippen LogP contribution in [0.25, 0.3) is 0 Å². The molecule has 1 aromatic carbocycles. The topological polar surface area (TPSA) is 61.4 Å². The fourth-order valence-corrected chi connectivity index (χ4v) is 1.55. The molecule has 0 heterocycles. The number of anilines is 1. The molecule has 2 amide bonds. The summed E-state index contributed by atoms with van der Waals surface area (Å²) in [7, 11) is 0. The summed E-state index contributed by atoms with van der Waals surface area (Å²) in [4.78, 5) is 11.4. The molecule has 3 N–H and O–H groups in total.